The lowest BCUT2D eigenvalue weighted by atomic mass is 10.1. The lowest BCUT2D eigenvalue weighted by Gasteiger charge is -2.32. The van der Waals surface area contributed by atoms with Crippen molar-refractivity contribution in [3.05, 3.63) is 41.6 Å². The Morgan fingerprint density at radius 3 is 2.07 bits per heavy atom. The van der Waals surface area contributed by atoms with Crippen molar-refractivity contribution in [1.29, 1.82) is 0 Å². The van der Waals surface area contributed by atoms with Crippen molar-refractivity contribution in [1.82, 2.24) is 9.80 Å². The summed E-state index contributed by atoms with van der Waals surface area (Å²) in [5.74, 6) is -1.29. The number of urea groups is 1. The summed E-state index contributed by atoms with van der Waals surface area (Å²) in [6.07, 6.45) is 1.59. The molecule has 1 aliphatic heterocycles. The molecular weight excluding hydrogens is 350 g/mol. The van der Waals surface area contributed by atoms with Gasteiger partial charge in [-0.15, -0.1) is 0 Å². The predicted molar refractivity (Wildman–Crippen MR) is 99.1 cm³/mol. The summed E-state index contributed by atoms with van der Waals surface area (Å²) in [7, 11) is 1.54. The van der Waals surface area contributed by atoms with Gasteiger partial charge in [0.1, 0.15) is 5.57 Å². The van der Waals surface area contributed by atoms with Crippen molar-refractivity contribution in [2.24, 2.45) is 0 Å². The van der Waals surface area contributed by atoms with E-state index in [0.717, 1.165) is 9.80 Å². The van der Waals surface area contributed by atoms with E-state index < -0.39 is 17.8 Å². The highest BCUT2D eigenvalue weighted by molar-refractivity contribution is 6.28. The number of nitrogens with one attached hydrogen (secondary N) is 1. The Bertz CT molecular complexity index is 742. The number of Topliss-reactive ketones (excluding diaryl/α,β-unsaturated/α-hetero) is 1. The maximum absolute atomic E-state index is 12.4. The Morgan fingerprint density at radius 1 is 1.04 bits per heavy atom. The second-order valence-electron chi connectivity index (χ2n) is 5.83. The number of rotatable bonds is 8. The lowest BCUT2D eigenvalue weighted by molar-refractivity contribution is -0.135. The monoisotopic (exact) mass is 373 g/mol. The molecule has 0 aliphatic carbocycles. The fraction of sp³-hybridized carbons (Fsp3) is 0.368. The van der Waals surface area contributed by atoms with Crippen molar-refractivity contribution in [2.75, 3.05) is 32.1 Å². The first-order valence-electron chi connectivity index (χ1n) is 8.71. The number of imide groups is 2. The SMILES string of the molecule is CCN1C(=O)C(=CNc2ccc(C(=O)CCOC)cc2)C(=O)N(CC)C1=O. The third-order valence-corrected chi connectivity index (χ3v) is 4.17. The number of nitrogens with zero attached hydrogens (tertiary/aromatic N) is 2. The van der Waals surface area contributed by atoms with E-state index in [1.165, 1.54) is 13.3 Å². The van der Waals surface area contributed by atoms with E-state index in [2.05, 4.69) is 5.32 Å². The Hall–Kier alpha value is -3.00. The number of hydrogen-bond acceptors (Lipinski definition) is 6. The fourth-order valence-electron chi connectivity index (χ4n) is 2.63. The van der Waals surface area contributed by atoms with Crippen LogP contribution in [0.1, 0.15) is 30.6 Å². The highest BCUT2D eigenvalue weighted by Crippen LogP contribution is 2.18. The summed E-state index contributed by atoms with van der Waals surface area (Å²) in [5, 5.41) is 2.88. The van der Waals surface area contributed by atoms with E-state index in [4.69, 9.17) is 4.74 Å². The molecule has 1 heterocycles. The van der Waals surface area contributed by atoms with E-state index in [-0.39, 0.29) is 24.4 Å². The standard InChI is InChI=1S/C19H23N3O5/c1-4-21-17(24)15(18(25)22(5-2)19(21)26)12-20-14-8-6-13(7-9-14)16(23)10-11-27-3/h6-9,12,20H,4-5,10-11H2,1-3H3. The zero-order chi connectivity index (χ0) is 20.0. The molecule has 8 nitrogen and oxygen atoms in total. The number of carbonyl (C=O) groups excluding carboxylic acids is 4. The molecule has 1 N–H and O–H groups in total. The van der Waals surface area contributed by atoms with Gasteiger partial charge < -0.3 is 10.1 Å². The topological polar surface area (TPSA) is 96.0 Å². The summed E-state index contributed by atoms with van der Waals surface area (Å²) in [6.45, 7) is 4.05. The van der Waals surface area contributed by atoms with E-state index in [0.29, 0.717) is 24.3 Å². The summed E-state index contributed by atoms with van der Waals surface area (Å²) >= 11 is 0. The van der Waals surface area contributed by atoms with Crippen molar-refractivity contribution < 1.29 is 23.9 Å². The van der Waals surface area contributed by atoms with E-state index >= 15 is 0 Å². The maximum atomic E-state index is 12.4. The molecule has 2 rings (SSSR count). The minimum atomic E-state index is -0.629. The number of ether oxygens (including phenoxy) is 1. The smallest absolute Gasteiger partial charge is 0.333 e. The van der Waals surface area contributed by atoms with Crippen LogP contribution in [0.3, 0.4) is 0 Å². The Balaban J connectivity index is 2.15. The molecule has 1 saturated heterocycles. The van der Waals surface area contributed by atoms with Crippen LogP contribution in [0.25, 0.3) is 0 Å². The first-order valence-corrected chi connectivity index (χ1v) is 8.71. The molecule has 1 fully saturated rings. The summed E-state index contributed by atoms with van der Waals surface area (Å²) in [5.41, 5.74) is 1.04. The predicted octanol–water partition coefficient (Wildman–Crippen LogP) is 2.03. The minimum Gasteiger partial charge on any atom is -0.384 e. The van der Waals surface area contributed by atoms with Gasteiger partial charge in [-0.2, -0.15) is 0 Å². The van der Waals surface area contributed by atoms with E-state index in [9.17, 15) is 19.2 Å². The number of anilines is 1. The molecule has 1 aromatic carbocycles. The number of methoxy groups -OCH3 is 1. The number of ketones is 1. The number of benzene rings is 1. The number of amides is 4. The normalized spacial score (nSPS) is 14.6. The van der Waals surface area contributed by atoms with Crippen molar-refractivity contribution >= 4 is 29.3 Å². The number of barbiturate groups is 1. The zero-order valence-electron chi connectivity index (χ0n) is 15.7. The van der Waals surface area contributed by atoms with Crippen LogP contribution in [0.5, 0.6) is 0 Å². The van der Waals surface area contributed by atoms with Gasteiger partial charge in [-0.3, -0.25) is 24.2 Å². The molecule has 8 heteroatoms. The van der Waals surface area contributed by atoms with Crippen molar-refractivity contribution in [3.8, 4) is 0 Å². The van der Waals surface area contributed by atoms with Crippen LogP contribution in [0.2, 0.25) is 0 Å². The Labute approximate surface area is 157 Å². The average Bonchev–Trinajstić information content (AvgIpc) is 2.67. The third kappa shape index (κ3) is 4.40. The van der Waals surface area contributed by atoms with Gasteiger partial charge in [0.2, 0.25) is 0 Å². The van der Waals surface area contributed by atoms with Crippen molar-refractivity contribution in [2.45, 2.75) is 20.3 Å². The molecule has 0 atom stereocenters. The summed E-state index contributed by atoms with van der Waals surface area (Å²) in [6, 6.07) is 6.06. The molecule has 1 aromatic rings. The number of likely N-dealkylation sites (N-methyl/N-ethyl adjacent to an activating group) is 2. The van der Waals surface area contributed by atoms with Crippen LogP contribution in [-0.2, 0) is 14.3 Å². The fourth-order valence-corrected chi connectivity index (χ4v) is 2.63. The van der Waals surface area contributed by atoms with Crippen LogP contribution in [0.15, 0.2) is 36.0 Å². The molecule has 27 heavy (non-hydrogen) atoms. The molecule has 0 aromatic heterocycles. The second kappa shape index (κ2) is 9.09. The van der Waals surface area contributed by atoms with Crippen LogP contribution < -0.4 is 5.32 Å². The van der Waals surface area contributed by atoms with Crippen LogP contribution >= 0.6 is 0 Å². The maximum Gasteiger partial charge on any atom is 0.333 e. The number of hydrogen-bond donors (Lipinski definition) is 1. The molecule has 0 spiro atoms. The van der Waals surface area contributed by atoms with Crippen molar-refractivity contribution in [3.63, 3.8) is 0 Å². The van der Waals surface area contributed by atoms with Gasteiger partial charge in [-0.1, -0.05) is 0 Å². The molecule has 0 unspecified atom stereocenters. The van der Waals surface area contributed by atoms with Gasteiger partial charge in [0, 0.05) is 44.1 Å². The van der Waals surface area contributed by atoms with Crippen LogP contribution in [0, 0.1) is 0 Å². The van der Waals surface area contributed by atoms with Gasteiger partial charge in [0.25, 0.3) is 11.8 Å². The first-order chi connectivity index (χ1) is 12.9. The number of carbonyl (C=O) groups is 4. The van der Waals surface area contributed by atoms with Gasteiger partial charge in [-0.05, 0) is 38.1 Å². The largest absolute Gasteiger partial charge is 0.384 e. The highest BCUT2D eigenvalue weighted by atomic mass is 16.5. The lowest BCUT2D eigenvalue weighted by Crippen LogP contribution is -2.56. The van der Waals surface area contributed by atoms with Gasteiger partial charge >= 0.3 is 6.03 Å². The minimum absolute atomic E-state index is 0.0323. The summed E-state index contributed by atoms with van der Waals surface area (Å²) in [4.78, 5) is 50.9. The average molecular weight is 373 g/mol. The molecule has 0 bridgehead atoms. The molecule has 0 saturated carbocycles. The van der Waals surface area contributed by atoms with Gasteiger partial charge in [-0.25, -0.2) is 4.79 Å². The van der Waals surface area contributed by atoms with Gasteiger partial charge in [0.15, 0.2) is 5.78 Å². The quantitative estimate of drug-likeness (QED) is 0.426. The second-order valence-corrected chi connectivity index (χ2v) is 5.83. The van der Waals surface area contributed by atoms with Crippen LogP contribution in [0.4, 0.5) is 10.5 Å². The third-order valence-electron chi connectivity index (χ3n) is 4.17. The summed E-state index contributed by atoms with van der Waals surface area (Å²) < 4.78 is 4.89. The molecule has 0 radical (unpaired) electrons. The zero-order valence-corrected chi connectivity index (χ0v) is 15.7. The highest BCUT2D eigenvalue weighted by Gasteiger charge is 2.40. The first kappa shape index (κ1) is 20.3. The molecule has 4 amide bonds. The molecule has 1 aliphatic rings. The Morgan fingerprint density at radius 2 is 1.59 bits per heavy atom. The van der Waals surface area contributed by atoms with E-state index in [1.54, 1.807) is 38.1 Å². The Kier molecular flexibility index (Phi) is 6.84. The van der Waals surface area contributed by atoms with Crippen LogP contribution in [-0.4, -0.2) is 60.2 Å². The molecular formula is C19H23N3O5. The van der Waals surface area contributed by atoms with Gasteiger partial charge in [0.05, 0.1) is 6.61 Å². The van der Waals surface area contributed by atoms with E-state index in [1.807, 2.05) is 0 Å². The molecule has 144 valence electrons.